The minimum Gasteiger partial charge on any atom is -0.372 e. The van der Waals surface area contributed by atoms with Crippen molar-refractivity contribution in [2.45, 2.75) is 34.6 Å². The second-order valence-corrected chi connectivity index (χ2v) is 9.38. The van der Waals surface area contributed by atoms with Crippen LogP contribution >= 0.6 is 10.8 Å². The average Bonchev–Trinajstić information content (AvgIpc) is 2.65. The maximum absolute atomic E-state index is 11.3. The molecule has 0 aromatic heterocycles. The van der Waals surface area contributed by atoms with Crippen LogP contribution in [0.4, 0.5) is 11.4 Å². The van der Waals surface area contributed by atoms with E-state index >= 15 is 0 Å². The molecule has 28 heavy (non-hydrogen) atoms. The van der Waals surface area contributed by atoms with E-state index < -0.39 is 21.2 Å². The number of nitrogens with one attached hydrogen (secondary N) is 1. The van der Waals surface area contributed by atoms with E-state index in [1.54, 1.807) is 6.92 Å². The molecule has 1 aromatic rings. The van der Waals surface area contributed by atoms with Gasteiger partial charge in [0.1, 0.15) is 0 Å². The van der Waals surface area contributed by atoms with Crippen molar-refractivity contribution in [3.8, 4) is 0 Å². The molecule has 1 aliphatic rings. The molecule has 0 fully saturated rings. The molecule has 0 radical (unpaired) electrons. The summed E-state index contributed by atoms with van der Waals surface area (Å²) in [6.45, 7) is 11.7. The first-order valence-corrected chi connectivity index (χ1v) is 11.6. The van der Waals surface area contributed by atoms with Crippen molar-refractivity contribution in [3.05, 3.63) is 58.7 Å². The van der Waals surface area contributed by atoms with Crippen molar-refractivity contribution >= 4 is 37.4 Å². The van der Waals surface area contributed by atoms with Gasteiger partial charge in [0.05, 0.1) is 0 Å². The standard InChI is InChI=1S/C20H28N2O4S2/c1-6-22(7-2)19-11-9-18(10-12-19)21-14-16(4)20-13-8-15(3)17(5)27(20)26-28(23,24)25/h8-14,21H,6-7H2,1-5H3,(H,23,24,25)/b16-14+. The lowest BCUT2D eigenvalue weighted by Crippen LogP contribution is -2.21. The largest absolute Gasteiger partial charge is 0.408 e. The Morgan fingerprint density at radius 3 is 2.32 bits per heavy atom. The normalized spacial score (nSPS) is 17.9. The van der Waals surface area contributed by atoms with Crippen LogP contribution < -0.4 is 10.2 Å². The lowest BCUT2D eigenvalue weighted by molar-refractivity contribution is 0.408. The molecule has 154 valence electrons. The minimum atomic E-state index is -4.56. The molecule has 0 spiro atoms. The van der Waals surface area contributed by atoms with Crippen molar-refractivity contribution in [2.75, 3.05) is 23.3 Å². The van der Waals surface area contributed by atoms with Crippen LogP contribution in [0.15, 0.2) is 58.7 Å². The summed E-state index contributed by atoms with van der Waals surface area (Å²) >= 11 is 0. The Labute approximate surface area is 170 Å². The first kappa shape index (κ1) is 22.4. The van der Waals surface area contributed by atoms with Crippen LogP contribution in [-0.4, -0.2) is 30.9 Å². The Morgan fingerprint density at radius 2 is 1.79 bits per heavy atom. The first-order valence-electron chi connectivity index (χ1n) is 9.09. The van der Waals surface area contributed by atoms with E-state index in [1.807, 2.05) is 44.3 Å². The molecule has 8 heteroatoms. The second-order valence-electron chi connectivity index (χ2n) is 6.39. The fraction of sp³-hybridized carbons (Fsp3) is 0.350. The summed E-state index contributed by atoms with van der Waals surface area (Å²) in [5, 5.41) is 3.24. The zero-order chi connectivity index (χ0) is 20.9. The zero-order valence-corrected chi connectivity index (χ0v) is 18.5. The number of nitrogens with zero attached hydrogens (tertiary/aromatic N) is 1. The second kappa shape index (κ2) is 9.56. The molecule has 0 saturated carbocycles. The highest BCUT2D eigenvalue weighted by atomic mass is 32.3. The van der Waals surface area contributed by atoms with Gasteiger partial charge in [-0.25, -0.2) is 0 Å². The maximum Gasteiger partial charge on any atom is 0.408 e. The highest BCUT2D eigenvalue weighted by Crippen LogP contribution is 2.37. The lowest BCUT2D eigenvalue weighted by atomic mass is 10.1. The van der Waals surface area contributed by atoms with Gasteiger partial charge in [0.15, 0.2) is 0 Å². The molecule has 1 aliphatic heterocycles. The topological polar surface area (TPSA) is 78.9 Å². The van der Waals surface area contributed by atoms with Crippen LogP contribution in [0.5, 0.6) is 0 Å². The fourth-order valence-electron chi connectivity index (χ4n) is 2.76. The molecule has 0 bridgehead atoms. The van der Waals surface area contributed by atoms with Crippen LogP contribution in [0.3, 0.4) is 0 Å². The van der Waals surface area contributed by atoms with E-state index in [-0.39, 0.29) is 0 Å². The monoisotopic (exact) mass is 424 g/mol. The molecule has 0 aliphatic carbocycles. The smallest absolute Gasteiger partial charge is 0.372 e. The Hall–Kier alpha value is -1.87. The van der Waals surface area contributed by atoms with Gasteiger partial charge in [0, 0.05) is 40.4 Å². The Morgan fingerprint density at radius 1 is 1.18 bits per heavy atom. The van der Waals surface area contributed by atoms with Crippen LogP contribution in [0.2, 0.25) is 0 Å². The van der Waals surface area contributed by atoms with Crippen LogP contribution in [0.25, 0.3) is 0 Å². The van der Waals surface area contributed by atoms with Crippen molar-refractivity contribution < 1.29 is 16.6 Å². The third-order valence-corrected chi connectivity index (χ3v) is 7.48. The van der Waals surface area contributed by atoms with E-state index in [0.29, 0.717) is 4.86 Å². The summed E-state index contributed by atoms with van der Waals surface area (Å²) in [6, 6.07) is 8.13. The van der Waals surface area contributed by atoms with Crippen molar-refractivity contribution in [2.24, 2.45) is 0 Å². The third-order valence-electron chi connectivity index (χ3n) is 4.51. The number of anilines is 2. The molecule has 2 N–H and O–H groups in total. The molecular weight excluding hydrogens is 396 g/mol. The van der Waals surface area contributed by atoms with Crippen LogP contribution in [-0.2, 0) is 14.0 Å². The Bertz CT molecular complexity index is 939. The summed E-state index contributed by atoms with van der Waals surface area (Å²) in [5.74, 6) is 0. The van der Waals surface area contributed by atoms with Gasteiger partial charge in [0.25, 0.3) is 0 Å². The lowest BCUT2D eigenvalue weighted by Gasteiger charge is -2.21. The predicted octanol–water partition coefficient (Wildman–Crippen LogP) is 4.89. The number of rotatable bonds is 8. The van der Waals surface area contributed by atoms with Gasteiger partial charge in [-0.05, 0) is 86.9 Å². The summed E-state index contributed by atoms with van der Waals surface area (Å²) in [6.07, 6.45) is 5.55. The van der Waals surface area contributed by atoms with Crippen molar-refractivity contribution in [3.63, 3.8) is 0 Å². The molecule has 1 atom stereocenters. The summed E-state index contributed by atoms with van der Waals surface area (Å²) < 4.78 is 36.7. The number of hydrogen-bond acceptors (Lipinski definition) is 5. The van der Waals surface area contributed by atoms with E-state index in [2.05, 4.69) is 36.2 Å². The Kier molecular flexibility index (Phi) is 7.65. The highest BCUT2D eigenvalue weighted by molar-refractivity contribution is 8.19. The molecule has 6 nitrogen and oxygen atoms in total. The van der Waals surface area contributed by atoms with E-state index in [9.17, 15) is 8.42 Å². The third kappa shape index (κ3) is 5.81. The molecule has 1 unspecified atom stereocenters. The molecular formula is C20H28N2O4S2. The number of allylic oxidation sites excluding steroid dienone is 5. The van der Waals surface area contributed by atoms with Gasteiger partial charge >= 0.3 is 10.4 Å². The molecule has 1 aromatic carbocycles. The van der Waals surface area contributed by atoms with Gasteiger partial charge in [-0.3, -0.25) is 4.55 Å². The Balaban J connectivity index is 2.27. The van der Waals surface area contributed by atoms with Gasteiger partial charge in [0.2, 0.25) is 0 Å². The van der Waals surface area contributed by atoms with Gasteiger partial charge in [-0.15, -0.1) is 0 Å². The van der Waals surface area contributed by atoms with Crippen LogP contribution in [0.1, 0.15) is 34.6 Å². The SMILES string of the molecule is CCN(CC)c1ccc(N/C=C(\C)C2=S(OS(=O)(=O)O)C(C)=C(C)C=C2)cc1. The average molecular weight is 425 g/mol. The van der Waals surface area contributed by atoms with Gasteiger partial charge < -0.3 is 10.2 Å². The van der Waals surface area contributed by atoms with Gasteiger partial charge in [-0.1, -0.05) is 6.08 Å². The van der Waals surface area contributed by atoms with E-state index in [1.165, 1.54) is 5.69 Å². The predicted molar refractivity (Wildman–Crippen MR) is 120 cm³/mol. The number of hydrogen-bond donors (Lipinski definition) is 2. The molecule has 1 heterocycles. The van der Waals surface area contributed by atoms with Gasteiger partial charge in [-0.2, -0.15) is 12.0 Å². The van der Waals surface area contributed by atoms with Crippen LogP contribution in [0, 0.1) is 0 Å². The first-order chi connectivity index (χ1) is 13.2. The maximum atomic E-state index is 11.3. The summed E-state index contributed by atoms with van der Waals surface area (Å²) in [5.41, 5.74) is 3.83. The fourth-order valence-corrected chi connectivity index (χ4v) is 5.38. The van der Waals surface area contributed by atoms with E-state index in [4.69, 9.17) is 8.18 Å². The van der Waals surface area contributed by atoms with Crippen molar-refractivity contribution in [1.29, 1.82) is 0 Å². The summed E-state index contributed by atoms with van der Waals surface area (Å²) in [7, 11) is -5.73. The minimum absolute atomic E-state index is 0.702. The summed E-state index contributed by atoms with van der Waals surface area (Å²) in [4.78, 5) is 3.74. The molecule has 0 saturated heterocycles. The molecule has 2 rings (SSSR count). The van der Waals surface area contributed by atoms with E-state index in [0.717, 1.165) is 34.8 Å². The zero-order valence-electron chi connectivity index (χ0n) is 16.9. The molecule has 0 amide bonds. The quantitative estimate of drug-likeness (QED) is 0.351. The number of benzene rings is 1. The highest BCUT2D eigenvalue weighted by Gasteiger charge is 2.19. The van der Waals surface area contributed by atoms with Crippen molar-refractivity contribution in [1.82, 2.24) is 0 Å².